The zero-order valence-corrected chi connectivity index (χ0v) is 22.2. The van der Waals surface area contributed by atoms with E-state index in [0.717, 1.165) is 23.1 Å². The van der Waals surface area contributed by atoms with Crippen molar-refractivity contribution in [3.63, 3.8) is 0 Å². The second-order valence-electron chi connectivity index (χ2n) is 10.6. The van der Waals surface area contributed by atoms with Crippen LogP contribution in [0.2, 0.25) is 0 Å². The highest BCUT2D eigenvalue weighted by atomic mass is 19.4. The highest BCUT2D eigenvalue weighted by Gasteiger charge is 2.75. The van der Waals surface area contributed by atoms with Crippen molar-refractivity contribution >= 4 is 35.5 Å². The van der Waals surface area contributed by atoms with Gasteiger partial charge in [-0.2, -0.15) is 13.2 Å². The van der Waals surface area contributed by atoms with Crippen LogP contribution in [0.1, 0.15) is 15.9 Å². The van der Waals surface area contributed by atoms with Crippen LogP contribution >= 0.6 is 0 Å². The van der Waals surface area contributed by atoms with Gasteiger partial charge in [-0.15, -0.1) is 0 Å². The third-order valence-corrected chi connectivity index (χ3v) is 8.13. The van der Waals surface area contributed by atoms with Gasteiger partial charge in [0.25, 0.3) is 11.8 Å². The van der Waals surface area contributed by atoms with Crippen LogP contribution in [0.5, 0.6) is 0 Å². The van der Waals surface area contributed by atoms with Gasteiger partial charge in [-0.25, -0.2) is 14.4 Å². The molecule has 2 fully saturated rings. The lowest BCUT2D eigenvalue weighted by molar-refractivity contribution is -0.623. The van der Waals surface area contributed by atoms with E-state index in [2.05, 4.69) is 20.9 Å². The zero-order valence-electron chi connectivity index (χ0n) is 22.2. The quantitative estimate of drug-likeness (QED) is 0.118. The number of amides is 4. The van der Waals surface area contributed by atoms with Crippen LogP contribution in [0.25, 0.3) is 0 Å². The maximum atomic E-state index is 13.2. The Labute approximate surface area is 241 Å². The molecule has 4 aliphatic heterocycles. The average Bonchev–Trinajstić information content (AvgIpc) is 3.54. The summed E-state index contributed by atoms with van der Waals surface area (Å²) in [4.78, 5) is 45.8. The number of nitrogens with one attached hydrogen (secondary N) is 3. The number of hydrogen-bond donors (Lipinski definition) is 7. The molecule has 14 nitrogen and oxygen atoms in total. The molecule has 4 atom stereocenters. The summed E-state index contributed by atoms with van der Waals surface area (Å²) in [6.07, 6.45) is -4.70. The second kappa shape index (κ2) is 9.56. The Morgan fingerprint density at radius 1 is 1.14 bits per heavy atom. The number of nitrogens with zero attached hydrogens (tertiary/aromatic N) is 4. The number of urea groups is 1. The van der Waals surface area contributed by atoms with Gasteiger partial charge in [0.05, 0.1) is 18.7 Å². The lowest BCUT2D eigenvalue weighted by Gasteiger charge is -2.44. The number of carbonyl (C=O) groups excluding carboxylic acids is 3. The van der Waals surface area contributed by atoms with Crippen molar-refractivity contribution < 1.29 is 42.3 Å². The Morgan fingerprint density at radius 3 is 2.56 bits per heavy atom. The fraction of sp³-hybridized carbons (Fsp3) is 0.346. The number of guanidine groups is 2. The van der Waals surface area contributed by atoms with E-state index in [4.69, 9.17) is 11.5 Å². The number of aliphatic imine (C=N–C) groups is 1. The van der Waals surface area contributed by atoms with Gasteiger partial charge in [-0.3, -0.25) is 30.4 Å². The lowest BCUT2D eigenvalue weighted by atomic mass is 9.85. The van der Waals surface area contributed by atoms with E-state index in [9.17, 15) is 37.8 Å². The second-order valence-corrected chi connectivity index (χ2v) is 10.6. The van der Waals surface area contributed by atoms with Crippen LogP contribution in [0.3, 0.4) is 0 Å². The number of benzene rings is 2. The van der Waals surface area contributed by atoms with E-state index in [-0.39, 0.29) is 37.1 Å². The largest absolute Gasteiger partial charge is 0.416 e. The van der Waals surface area contributed by atoms with E-state index in [1.807, 2.05) is 0 Å². The van der Waals surface area contributed by atoms with Crippen molar-refractivity contribution in [2.24, 2.45) is 16.5 Å². The van der Waals surface area contributed by atoms with Crippen molar-refractivity contribution in [3.05, 3.63) is 65.7 Å². The first-order valence-corrected chi connectivity index (χ1v) is 13.1. The number of hydrogen-bond acceptors (Lipinski definition) is 10. The molecule has 1 spiro atoms. The smallest absolute Gasteiger partial charge is 0.370 e. The minimum atomic E-state index is -4.70. The van der Waals surface area contributed by atoms with Crippen molar-refractivity contribution in [1.82, 2.24) is 20.9 Å². The van der Waals surface area contributed by atoms with Crippen LogP contribution < -0.4 is 32.3 Å². The van der Waals surface area contributed by atoms with Crippen LogP contribution in [-0.2, 0) is 11.0 Å². The number of halogens is 3. The highest BCUT2D eigenvalue weighted by Crippen LogP contribution is 2.42. The fourth-order valence-corrected chi connectivity index (χ4v) is 6.11. The maximum absolute atomic E-state index is 13.2. The standard InChI is InChI=1S/C26H26F3N9O5/c27-26(28,29)14-6-4-5-13(9-14)20(40)33-17-11-38-22(31)32-16(19-24(38,25(17,42)43)35-21(30)34-19)10-37-18(39)12-36(23(37)41)15-7-2-1-3-8-15/h1-9,16-17,19,42-43H,10-12H2,(H6,30,31,32,33,34,35,40)/p+1/t16-,17?,19-,24-/m0/s1. The van der Waals surface area contributed by atoms with E-state index in [1.165, 1.54) is 9.48 Å². The first kappa shape index (κ1) is 28.2. The summed E-state index contributed by atoms with van der Waals surface area (Å²) < 4.78 is 40.9. The molecule has 0 aliphatic carbocycles. The maximum Gasteiger partial charge on any atom is 0.416 e. The number of imide groups is 1. The molecule has 4 heterocycles. The number of alkyl halides is 3. The number of nitrogens with two attached hydrogens (primary N) is 2. The van der Waals surface area contributed by atoms with Gasteiger partial charge in [-0.05, 0) is 30.3 Å². The van der Waals surface area contributed by atoms with E-state index in [1.54, 1.807) is 30.3 Å². The molecule has 43 heavy (non-hydrogen) atoms. The van der Waals surface area contributed by atoms with Gasteiger partial charge in [0.15, 0.2) is 5.96 Å². The van der Waals surface area contributed by atoms with Crippen molar-refractivity contribution in [3.8, 4) is 0 Å². The molecular formula is C26H27F3N9O5+. The Hall–Kier alpha value is -4.90. The van der Waals surface area contributed by atoms with Gasteiger partial charge in [0.2, 0.25) is 11.4 Å². The molecule has 0 bridgehead atoms. The number of carbonyl (C=O) groups is 3. The van der Waals surface area contributed by atoms with Gasteiger partial charge in [0.1, 0.15) is 24.7 Å². The van der Waals surface area contributed by atoms with E-state index >= 15 is 0 Å². The topological polar surface area (TPSA) is 202 Å². The molecule has 4 amide bonds. The van der Waals surface area contributed by atoms with Gasteiger partial charge in [-0.1, -0.05) is 24.3 Å². The molecule has 0 saturated carbocycles. The predicted octanol–water partition coefficient (Wildman–Crippen LogP) is -1.75. The molecule has 1 unspecified atom stereocenters. The van der Waals surface area contributed by atoms with Crippen molar-refractivity contribution in [2.75, 3.05) is 24.5 Å². The van der Waals surface area contributed by atoms with Gasteiger partial charge < -0.3 is 26.6 Å². The minimum absolute atomic E-state index is 0.110. The normalized spacial score (nSPS) is 27.8. The molecule has 0 aromatic heterocycles. The van der Waals surface area contributed by atoms with Crippen molar-refractivity contribution in [1.29, 1.82) is 0 Å². The molecule has 17 heteroatoms. The Balaban J connectivity index is 1.27. The molecule has 2 saturated heterocycles. The monoisotopic (exact) mass is 602 g/mol. The van der Waals surface area contributed by atoms with E-state index in [0.29, 0.717) is 11.8 Å². The Bertz CT molecular complexity index is 1580. The van der Waals surface area contributed by atoms with Gasteiger partial charge in [0, 0.05) is 11.3 Å². The molecule has 0 radical (unpaired) electrons. The van der Waals surface area contributed by atoms with Crippen molar-refractivity contribution in [2.45, 2.75) is 35.8 Å². The molecule has 6 rings (SSSR count). The number of para-hydroxylation sites is 1. The fourth-order valence-electron chi connectivity index (χ4n) is 6.11. The summed E-state index contributed by atoms with van der Waals surface area (Å²) in [6, 6.07) is 7.97. The van der Waals surface area contributed by atoms with E-state index < -0.39 is 59.2 Å². The summed E-state index contributed by atoms with van der Waals surface area (Å²) in [7, 11) is 0. The SMILES string of the molecule is NC1=N[C@H]2[C@H](CN3C(=O)CN(c4ccccc4)C3=O)NC(N)=[N+]3CC(NC(=O)c4cccc(C(F)(F)F)c4)C(O)(O)[C@]23N1. The Morgan fingerprint density at radius 2 is 1.86 bits per heavy atom. The zero-order chi connectivity index (χ0) is 30.9. The molecule has 2 aromatic rings. The summed E-state index contributed by atoms with van der Waals surface area (Å²) in [6.45, 7) is -0.815. The van der Waals surface area contributed by atoms with Crippen LogP contribution in [0.4, 0.5) is 23.7 Å². The summed E-state index contributed by atoms with van der Waals surface area (Å²) in [5.74, 6) is -4.69. The first-order chi connectivity index (χ1) is 20.2. The minimum Gasteiger partial charge on any atom is -0.370 e. The number of anilines is 1. The predicted molar refractivity (Wildman–Crippen MR) is 143 cm³/mol. The summed E-state index contributed by atoms with van der Waals surface area (Å²) in [5, 5.41) is 31.2. The number of rotatable bonds is 5. The third-order valence-electron chi connectivity index (χ3n) is 8.13. The number of aliphatic hydroxyl groups is 2. The third kappa shape index (κ3) is 4.30. The van der Waals surface area contributed by atoms with Crippen LogP contribution in [-0.4, -0.2) is 98.7 Å². The lowest BCUT2D eigenvalue weighted by Crippen LogP contribution is -2.79. The molecule has 226 valence electrons. The molecular weight excluding hydrogens is 575 g/mol. The molecule has 9 N–H and O–H groups in total. The summed E-state index contributed by atoms with van der Waals surface area (Å²) >= 11 is 0. The van der Waals surface area contributed by atoms with Crippen LogP contribution in [0.15, 0.2) is 59.6 Å². The first-order valence-electron chi connectivity index (χ1n) is 13.1. The average molecular weight is 603 g/mol. The summed E-state index contributed by atoms with van der Waals surface area (Å²) in [5.41, 5.74) is 9.42. The van der Waals surface area contributed by atoms with Gasteiger partial charge >= 0.3 is 18.2 Å². The van der Waals surface area contributed by atoms with Crippen LogP contribution in [0, 0.1) is 0 Å². The highest BCUT2D eigenvalue weighted by molar-refractivity contribution is 6.12. The Kier molecular flexibility index (Phi) is 6.28. The molecule has 4 aliphatic rings. The molecule has 2 aromatic carbocycles.